The lowest BCUT2D eigenvalue weighted by molar-refractivity contribution is -0.114. The van der Waals surface area contributed by atoms with Gasteiger partial charge in [0.05, 0.1) is 0 Å². The largest absolute Gasteiger partial charge is 0.326 e. The van der Waals surface area contributed by atoms with Gasteiger partial charge in [-0.2, -0.15) is 0 Å². The number of hydrogen-bond donors (Lipinski definition) is 3. The van der Waals surface area contributed by atoms with Gasteiger partial charge in [-0.05, 0) is 61.5 Å². The molecule has 3 N–H and O–H groups in total. The molecule has 0 aliphatic heterocycles. The lowest BCUT2D eigenvalue weighted by Gasteiger charge is -2.08. The molecule has 2 aromatic carbocycles. The molecule has 0 bridgehead atoms. The Hall–Kier alpha value is -4.07. The normalized spacial score (nSPS) is 10.1. The first kappa shape index (κ1) is 19.7. The second-order valence-electron chi connectivity index (χ2n) is 6.24. The molecular weight excluding hydrogens is 370 g/mol. The van der Waals surface area contributed by atoms with Crippen molar-refractivity contribution < 1.29 is 14.4 Å². The molecule has 146 valence electrons. The van der Waals surface area contributed by atoms with Gasteiger partial charge < -0.3 is 16.0 Å². The molecule has 0 aliphatic carbocycles. The predicted molar refractivity (Wildman–Crippen MR) is 110 cm³/mol. The number of carbonyl (C=O) groups is 3. The minimum Gasteiger partial charge on any atom is -0.326 e. The molecule has 0 aliphatic rings. The maximum atomic E-state index is 12.4. The van der Waals surface area contributed by atoms with Crippen molar-refractivity contribution in [1.82, 2.24) is 9.97 Å². The Labute approximate surface area is 167 Å². The fourth-order valence-electron chi connectivity index (χ4n) is 2.50. The van der Waals surface area contributed by atoms with E-state index in [1.54, 1.807) is 48.5 Å². The summed E-state index contributed by atoms with van der Waals surface area (Å²) < 4.78 is 0. The van der Waals surface area contributed by atoms with Gasteiger partial charge in [0.1, 0.15) is 5.69 Å². The van der Waals surface area contributed by atoms with Crippen molar-refractivity contribution in [2.75, 3.05) is 16.0 Å². The van der Waals surface area contributed by atoms with Crippen molar-refractivity contribution >= 4 is 40.6 Å². The molecule has 3 rings (SSSR count). The first-order chi connectivity index (χ1) is 13.9. The molecule has 8 heteroatoms. The predicted octanol–water partition coefficient (Wildman–Crippen LogP) is 3.63. The zero-order valence-corrected chi connectivity index (χ0v) is 15.9. The number of amides is 2. The molecule has 1 heterocycles. The number of Topliss-reactive ketones (excluding diaryl/α,β-unsaturated/α-hetero) is 1. The Kier molecular flexibility index (Phi) is 5.94. The summed E-state index contributed by atoms with van der Waals surface area (Å²) in [6.45, 7) is 2.92. The summed E-state index contributed by atoms with van der Waals surface area (Å²) in [6.07, 6.45) is 1.48. The van der Waals surface area contributed by atoms with Gasteiger partial charge in [0, 0.05) is 35.7 Å². The number of carbonyl (C=O) groups excluding carboxylic acids is 3. The van der Waals surface area contributed by atoms with Gasteiger partial charge >= 0.3 is 0 Å². The van der Waals surface area contributed by atoms with Crippen molar-refractivity contribution in [1.29, 1.82) is 0 Å². The summed E-state index contributed by atoms with van der Waals surface area (Å²) >= 11 is 0. The summed E-state index contributed by atoms with van der Waals surface area (Å²) in [4.78, 5) is 43.2. The van der Waals surface area contributed by atoms with Crippen LogP contribution in [0.5, 0.6) is 0 Å². The highest BCUT2D eigenvalue weighted by molar-refractivity contribution is 6.03. The first-order valence-corrected chi connectivity index (χ1v) is 8.81. The summed E-state index contributed by atoms with van der Waals surface area (Å²) in [5.74, 6) is -0.327. The van der Waals surface area contributed by atoms with E-state index in [4.69, 9.17) is 0 Å². The molecule has 0 unspecified atom stereocenters. The van der Waals surface area contributed by atoms with Crippen molar-refractivity contribution in [2.24, 2.45) is 0 Å². The second kappa shape index (κ2) is 8.75. The van der Waals surface area contributed by atoms with Crippen LogP contribution in [0.1, 0.15) is 34.7 Å². The smallest absolute Gasteiger partial charge is 0.274 e. The molecule has 0 spiro atoms. The Balaban J connectivity index is 1.67. The number of rotatable bonds is 6. The topological polar surface area (TPSA) is 113 Å². The van der Waals surface area contributed by atoms with E-state index in [0.29, 0.717) is 22.6 Å². The fraction of sp³-hybridized carbons (Fsp3) is 0.0952. The third-order valence-electron chi connectivity index (χ3n) is 3.90. The van der Waals surface area contributed by atoms with Crippen LogP contribution in [-0.4, -0.2) is 27.6 Å². The maximum Gasteiger partial charge on any atom is 0.274 e. The lowest BCUT2D eigenvalue weighted by Crippen LogP contribution is -2.14. The van der Waals surface area contributed by atoms with E-state index in [-0.39, 0.29) is 23.3 Å². The van der Waals surface area contributed by atoms with Gasteiger partial charge in [0.2, 0.25) is 11.9 Å². The summed E-state index contributed by atoms with van der Waals surface area (Å²) in [7, 11) is 0. The highest BCUT2D eigenvalue weighted by Crippen LogP contribution is 2.17. The van der Waals surface area contributed by atoms with Gasteiger partial charge in [-0.1, -0.05) is 0 Å². The molecule has 3 aromatic rings. The average molecular weight is 389 g/mol. The maximum absolute atomic E-state index is 12.4. The van der Waals surface area contributed by atoms with E-state index < -0.39 is 5.91 Å². The third kappa shape index (κ3) is 5.46. The van der Waals surface area contributed by atoms with Gasteiger partial charge in [-0.15, -0.1) is 0 Å². The van der Waals surface area contributed by atoms with E-state index in [0.717, 1.165) is 0 Å². The summed E-state index contributed by atoms with van der Waals surface area (Å²) in [5.41, 5.74) is 2.69. The number of nitrogens with zero attached hydrogens (tertiary/aromatic N) is 2. The molecule has 0 fully saturated rings. The fourth-order valence-corrected chi connectivity index (χ4v) is 2.50. The molecule has 2 amide bonds. The monoisotopic (exact) mass is 389 g/mol. The van der Waals surface area contributed by atoms with E-state index >= 15 is 0 Å². The van der Waals surface area contributed by atoms with Crippen molar-refractivity contribution in [3.05, 3.63) is 72.1 Å². The molecule has 0 saturated carbocycles. The molecule has 0 atom stereocenters. The van der Waals surface area contributed by atoms with Gasteiger partial charge in [-0.25, -0.2) is 9.97 Å². The van der Waals surface area contributed by atoms with Crippen LogP contribution in [-0.2, 0) is 4.79 Å². The second-order valence-corrected chi connectivity index (χ2v) is 6.24. The molecule has 8 nitrogen and oxygen atoms in total. The number of hydrogen-bond acceptors (Lipinski definition) is 6. The molecule has 0 radical (unpaired) electrons. The Bertz CT molecular complexity index is 1050. The van der Waals surface area contributed by atoms with Gasteiger partial charge in [0.15, 0.2) is 5.78 Å². The standard InChI is InChI=1S/C21H19N5O3/c1-13(27)15-3-5-17(6-4-15)24-20(29)19-11-12-22-21(26-19)25-18-9-7-16(8-10-18)23-14(2)28/h3-12H,1-2H3,(H,23,28)(H,24,29)(H,22,25,26). The Morgan fingerprint density at radius 3 is 1.97 bits per heavy atom. The van der Waals surface area contributed by atoms with Crippen LogP contribution in [0.25, 0.3) is 0 Å². The number of aromatic nitrogens is 2. The molecule has 0 saturated heterocycles. The number of ketones is 1. The van der Waals surface area contributed by atoms with E-state index in [1.165, 1.54) is 26.1 Å². The van der Waals surface area contributed by atoms with Crippen molar-refractivity contribution in [3.8, 4) is 0 Å². The van der Waals surface area contributed by atoms with Crippen molar-refractivity contribution in [3.63, 3.8) is 0 Å². The van der Waals surface area contributed by atoms with E-state index in [2.05, 4.69) is 25.9 Å². The average Bonchev–Trinajstić information content (AvgIpc) is 2.70. The molecular formula is C21H19N5O3. The minimum absolute atomic E-state index is 0.0421. The lowest BCUT2D eigenvalue weighted by atomic mass is 10.1. The Morgan fingerprint density at radius 2 is 1.34 bits per heavy atom. The number of nitrogens with one attached hydrogen (secondary N) is 3. The van der Waals surface area contributed by atoms with Crippen LogP contribution in [0.15, 0.2) is 60.8 Å². The zero-order chi connectivity index (χ0) is 20.8. The third-order valence-corrected chi connectivity index (χ3v) is 3.90. The quantitative estimate of drug-likeness (QED) is 0.555. The molecule has 29 heavy (non-hydrogen) atoms. The van der Waals surface area contributed by atoms with Crippen LogP contribution in [0.4, 0.5) is 23.0 Å². The zero-order valence-electron chi connectivity index (χ0n) is 15.9. The van der Waals surface area contributed by atoms with Crippen molar-refractivity contribution in [2.45, 2.75) is 13.8 Å². The summed E-state index contributed by atoms with van der Waals surface area (Å²) in [5, 5.41) is 8.43. The minimum atomic E-state index is -0.396. The van der Waals surface area contributed by atoms with Crippen LogP contribution in [0.3, 0.4) is 0 Å². The van der Waals surface area contributed by atoms with Crippen LogP contribution in [0, 0.1) is 0 Å². The van der Waals surface area contributed by atoms with E-state index in [9.17, 15) is 14.4 Å². The number of benzene rings is 2. The highest BCUT2D eigenvalue weighted by Gasteiger charge is 2.10. The SMILES string of the molecule is CC(=O)Nc1ccc(Nc2nccc(C(=O)Nc3ccc(C(C)=O)cc3)n2)cc1. The van der Waals surface area contributed by atoms with Crippen LogP contribution >= 0.6 is 0 Å². The number of anilines is 4. The Morgan fingerprint density at radius 1 is 0.759 bits per heavy atom. The van der Waals surface area contributed by atoms with Crippen LogP contribution < -0.4 is 16.0 Å². The first-order valence-electron chi connectivity index (χ1n) is 8.81. The molecule has 1 aromatic heterocycles. The highest BCUT2D eigenvalue weighted by atomic mass is 16.2. The van der Waals surface area contributed by atoms with Crippen LogP contribution in [0.2, 0.25) is 0 Å². The van der Waals surface area contributed by atoms with Gasteiger partial charge in [-0.3, -0.25) is 14.4 Å². The van der Waals surface area contributed by atoms with Gasteiger partial charge in [0.25, 0.3) is 5.91 Å². The summed E-state index contributed by atoms with van der Waals surface area (Å²) in [6, 6.07) is 15.1. The van der Waals surface area contributed by atoms with E-state index in [1.807, 2.05) is 0 Å².